The van der Waals surface area contributed by atoms with Crippen LogP contribution < -0.4 is 4.74 Å². The molecule has 0 N–H and O–H groups in total. The molecule has 0 saturated heterocycles. The summed E-state index contributed by atoms with van der Waals surface area (Å²) in [5.41, 5.74) is 2.88. The smallest absolute Gasteiger partial charge is 0.363 e. The Balaban J connectivity index is 1.77. The van der Waals surface area contributed by atoms with Crippen molar-refractivity contribution in [1.82, 2.24) is 0 Å². The van der Waals surface area contributed by atoms with Crippen molar-refractivity contribution < 1.29 is 18.7 Å². The fourth-order valence-electron chi connectivity index (χ4n) is 2.62. The molecule has 0 saturated carbocycles. The number of aliphatic imine (C=N–C) groups is 1. The van der Waals surface area contributed by atoms with E-state index in [1.807, 2.05) is 31.2 Å². The third-order valence-electron chi connectivity index (χ3n) is 3.86. The van der Waals surface area contributed by atoms with Crippen LogP contribution in [0.15, 0.2) is 53.2 Å². The van der Waals surface area contributed by atoms with Crippen LogP contribution in [0.3, 0.4) is 0 Å². The average Bonchev–Trinajstić information content (AvgIpc) is 2.93. The predicted molar refractivity (Wildman–Crippen MR) is 94.0 cm³/mol. The Labute approximate surface area is 145 Å². The van der Waals surface area contributed by atoms with Crippen LogP contribution in [0.5, 0.6) is 5.75 Å². The normalized spacial score (nSPS) is 15.2. The van der Waals surface area contributed by atoms with E-state index < -0.39 is 5.97 Å². The highest BCUT2D eigenvalue weighted by Crippen LogP contribution is 2.25. The number of hydrogen-bond donors (Lipinski definition) is 0. The van der Waals surface area contributed by atoms with Crippen LogP contribution in [0.2, 0.25) is 0 Å². The van der Waals surface area contributed by atoms with Gasteiger partial charge in [-0.1, -0.05) is 23.8 Å². The number of benzene rings is 2. The molecule has 4 nitrogen and oxygen atoms in total. The average molecular weight is 339 g/mol. The van der Waals surface area contributed by atoms with E-state index in [0.717, 1.165) is 16.7 Å². The van der Waals surface area contributed by atoms with Crippen LogP contribution in [0, 0.1) is 12.7 Å². The number of methoxy groups -OCH3 is 1. The molecule has 0 radical (unpaired) electrons. The number of rotatable bonds is 5. The lowest BCUT2D eigenvalue weighted by Gasteiger charge is -2.05. The molecule has 1 aliphatic rings. The van der Waals surface area contributed by atoms with E-state index in [4.69, 9.17) is 9.47 Å². The Morgan fingerprint density at radius 1 is 1.20 bits per heavy atom. The Morgan fingerprint density at radius 2 is 2.04 bits per heavy atom. The molecule has 0 atom stereocenters. The van der Waals surface area contributed by atoms with Gasteiger partial charge in [0.05, 0.1) is 7.11 Å². The summed E-state index contributed by atoms with van der Waals surface area (Å²) >= 11 is 0. The molecule has 2 aromatic rings. The maximum absolute atomic E-state index is 13.2. The molecule has 0 fully saturated rings. The van der Waals surface area contributed by atoms with Crippen molar-refractivity contribution >= 4 is 17.9 Å². The molecular formula is C20H18FNO3. The van der Waals surface area contributed by atoms with Gasteiger partial charge in [-0.3, -0.25) is 0 Å². The van der Waals surface area contributed by atoms with Gasteiger partial charge in [0.25, 0.3) is 0 Å². The lowest BCUT2D eigenvalue weighted by Crippen LogP contribution is -2.05. The highest BCUT2D eigenvalue weighted by molar-refractivity contribution is 6.07. The fraction of sp³-hybridized carbons (Fsp3) is 0.200. The quantitative estimate of drug-likeness (QED) is 0.609. The molecule has 25 heavy (non-hydrogen) atoms. The predicted octanol–water partition coefficient (Wildman–Crippen LogP) is 4.07. The third kappa shape index (κ3) is 4.12. The number of carbonyl (C=O) groups is 1. The fourth-order valence-corrected chi connectivity index (χ4v) is 2.62. The van der Waals surface area contributed by atoms with E-state index in [2.05, 4.69) is 4.99 Å². The minimum absolute atomic E-state index is 0.234. The van der Waals surface area contributed by atoms with Gasteiger partial charge in [0.15, 0.2) is 11.6 Å². The first kappa shape index (κ1) is 16.9. The van der Waals surface area contributed by atoms with Crippen LogP contribution in [0.25, 0.3) is 6.08 Å². The number of nitrogens with zero attached hydrogens (tertiary/aromatic N) is 1. The Kier molecular flexibility index (Phi) is 4.93. The van der Waals surface area contributed by atoms with Gasteiger partial charge in [0.1, 0.15) is 11.6 Å². The highest BCUT2D eigenvalue weighted by Gasteiger charge is 2.23. The summed E-state index contributed by atoms with van der Waals surface area (Å²) in [6.45, 7) is 1.96. The summed E-state index contributed by atoms with van der Waals surface area (Å²) in [6.07, 6.45) is 2.63. The lowest BCUT2D eigenvalue weighted by atomic mass is 10.1. The zero-order valence-electron chi connectivity index (χ0n) is 14.1. The number of aryl methyl sites for hydroxylation is 2. The summed E-state index contributed by atoms with van der Waals surface area (Å²) in [5, 5.41) is 0. The topological polar surface area (TPSA) is 47.9 Å². The molecule has 0 aliphatic carbocycles. The molecule has 2 aromatic carbocycles. The zero-order valence-corrected chi connectivity index (χ0v) is 14.1. The van der Waals surface area contributed by atoms with Crippen LogP contribution >= 0.6 is 0 Å². The van der Waals surface area contributed by atoms with E-state index in [9.17, 15) is 9.18 Å². The zero-order chi connectivity index (χ0) is 17.8. The summed E-state index contributed by atoms with van der Waals surface area (Å²) < 4.78 is 23.7. The lowest BCUT2D eigenvalue weighted by molar-refractivity contribution is -0.130. The van der Waals surface area contributed by atoms with E-state index in [1.54, 1.807) is 19.3 Å². The van der Waals surface area contributed by atoms with E-state index in [-0.39, 0.29) is 11.5 Å². The molecular weight excluding hydrogens is 321 g/mol. The Hall–Kier alpha value is -2.95. The number of cyclic esters (lactones) is 1. The number of ether oxygens (including phenoxy) is 2. The molecule has 0 aromatic heterocycles. The van der Waals surface area contributed by atoms with E-state index >= 15 is 0 Å². The Bertz CT molecular complexity index is 871. The van der Waals surface area contributed by atoms with Crippen LogP contribution in [-0.2, 0) is 16.0 Å². The van der Waals surface area contributed by atoms with Crippen molar-refractivity contribution in [2.45, 2.75) is 19.8 Å². The first-order chi connectivity index (χ1) is 12.0. The molecule has 128 valence electrons. The van der Waals surface area contributed by atoms with E-state index in [0.29, 0.717) is 24.5 Å². The number of carbonyl (C=O) groups excluding carboxylic acids is 1. The monoisotopic (exact) mass is 339 g/mol. The first-order valence-corrected chi connectivity index (χ1v) is 7.95. The van der Waals surface area contributed by atoms with Crippen molar-refractivity contribution in [3.8, 4) is 5.75 Å². The number of hydrogen-bond acceptors (Lipinski definition) is 4. The first-order valence-electron chi connectivity index (χ1n) is 7.95. The summed E-state index contributed by atoms with van der Waals surface area (Å²) in [6, 6.07) is 12.0. The van der Waals surface area contributed by atoms with Crippen LogP contribution in [0.1, 0.15) is 23.1 Å². The highest BCUT2D eigenvalue weighted by atomic mass is 19.1. The van der Waals surface area contributed by atoms with Gasteiger partial charge in [0.2, 0.25) is 0 Å². The molecule has 1 aliphatic heterocycles. The molecule has 0 unspecified atom stereocenters. The maximum atomic E-state index is 13.2. The van der Waals surface area contributed by atoms with Gasteiger partial charge in [-0.15, -0.1) is 0 Å². The van der Waals surface area contributed by atoms with Gasteiger partial charge in [-0.05, 0) is 49.2 Å². The summed E-state index contributed by atoms with van der Waals surface area (Å²) in [5.74, 6) is 0.231. The molecule has 0 bridgehead atoms. The minimum atomic E-state index is -0.488. The van der Waals surface area contributed by atoms with Gasteiger partial charge in [-0.25, -0.2) is 14.2 Å². The van der Waals surface area contributed by atoms with Gasteiger partial charge in [0, 0.05) is 12.0 Å². The standard InChI is InChI=1S/C20H18FNO3/c1-13-6-8-18(24-2)15(10-13)12-17-20(23)25-19(22-17)9-7-14-4-3-5-16(21)11-14/h3-6,8,10-12H,7,9H2,1-2H3/b17-12+. The van der Waals surface area contributed by atoms with Crippen molar-refractivity contribution in [3.05, 3.63) is 70.7 Å². The second-order valence-corrected chi connectivity index (χ2v) is 5.80. The van der Waals surface area contributed by atoms with Gasteiger partial charge in [-0.2, -0.15) is 0 Å². The van der Waals surface area contributed by atoms with Crippen molar-refractivity contribution in [3.63, 3.8) is 0 Å². The van der Waals surface area contributed by atoms with Gasteiger partial charge < -0.3 is 9.47 Å². The minimum Gasteiger partial charge on any atom is -0.496 e. The SMILES string of the molecule is COc1ccc(C)cc1/C=C1/N=C(CCc2cccc(F)c2)OC1=O. The van der Waals surface area contributed by atoms with Crippen molar-refractivity contribution in [1.29, 1.82) is 0 Å². The van der Waals surface area contributed by atoms with Crippen LogP contribution in [-0.4, -0.2) is 19.0 Å². The Morgan fingerprint density at radius 3 is 2.80 bits per heavy atom. The second kappa shape index (κ2) is 7.30. The van der Waals surface area contributed by atoms with E-state index in [1.165, 1.54) is 12.1 Å². The number of esters is 1. The molecule has 0 amide bonds. The third-order valence-corrected chi connectivity index (χ3v) is 3.86. The van der Waals surface area contributed by atoms with Crippen molar-refractivity contribution in [2.24, 2.45) is 4.99 Å². The van der Waals surface area contributed by atoms with Crippen molar-refractivity contribution in [2.75, 3.05) is 7.11 Å². The number of halogens is 1. The molecule has 1 heterocycles. The molecule has 0 spiro atoms. The largest absolute Gasteiger partial charge is 0.496 e. The summed E-state index contributed by atoms with van der Waals surface area (Å²) in [4.78, 5) is 16.3. The second-order valence-electron chi connectivity index (χ2n) is 5.80. The van der Waals surface area contributed by atoms with Gasteiger partial charge >= 0.3 is 5.97 Å². The maximum Gasteiger partial charge on any atom is 0.363 e. The van der Waals surface area contributed by atoms with Crippen LogP contribution in [0.4, 0.5) is 4.39 Å². The summed E-state index contributed by atoms with van der Waals surface area (Å²) in [7, 11) is 1.58. The molecule has 3 rings (SSSR count). The molecule has 5 heteroatoms.